The van der Waals surface area contributed by atoms with E-state index >= 15 is 0 Å². The Morgan fingerprint density at radius 1 is 1.38 bits per heavy atom. The van der Waals surface area contributed by atoms with Gasteiger partial charge in [-0.15, -0.1) is 0 Å². The first-order valence-electron chi connectivity index (χ1n) is 7.11. The van der Waals surface area contributed by atoms with Crippen molar-refractivity contribution in [2.24, 2.45) is 0 Å². The summed E-state index contributed by atoms with van der Waals surface area (Å²) in [4.78, 5) is 33.1. The van der Waals surface area contributed by atoms with Gasteiger partial charge in [-0.05, 0) is 23.0 Å². The minimum absolute atomic E-state index is 0.240. The molecule has 0 radical (unpaired) electrons. The van der Waals surface area contributed by atoms with Crippen LogP contribution in [0.15, 0.2) is 36.5 Å². The minimum atomic E-state index is -1.04. The first-order valence-corrected chi connectivity index (χ1v) is 7.11. The van der Waals surface area contributed by atoms with Crippen molar-refractivity contribution in [3.05, 3.63) is 57.8 Å². The van der Waals surface area contributed by atoms with Gasteiger partial charge < -0.3 is 20.5 Å². The van der Waals surface area contributed by atoms with Gasteiger partial charge in [0.05, 0.1) is 29.8 Å². The molecule has 0 saturated carbocycles. The standard InChI is InChI=1S/C15H16N4O5/c1-10-4-2-3-5-11(10)12(8-15(21)22)16-14(20)9-18-7-6-13(17-18)19(23)24/h2-7,12H,8-9H2,1H3,(H,16,20)(H,21,22). The predicted molar refractivity (Wildman–Crippen MR) is 83.2 cm³/mol. The molecule has 1 unspecified atom stereocenters. The Labute approximate surface area is 137 Å². The van der Waals surface area contributed by atoms with E-state index < -0.39 is 22.8 Å². The summed E-state index contributed by atoms with van der Waals surface area (Å²) in [6, 6.07) is 7.65. The highest BCUT2D eigenvalue weighted by Gasteiger charge is 2.21. The van der Waals surface area contributed by atoms with E-state index in [0.717, 1.165) is 10.2 Å². The largest absolute Gasteiger partial charge is 0.481 e. The van der Waals surface area contributed by atoms with Crippen LogP contribution in [0.5, 0.6) is 0 Å². The summed E-state index contributed by atoms with van der Waals surface area (Å²) in [7, 11) is 0. The highest BCUT2D eigenvalue weighted by atomic mass is 16.6. The van der Waals surface area contributed by atoms with E-state index in [1.165, 1.54) is 12.3 Å². The van der Waals surface area contributed by atoms with Gasteiger partial charge in [-0.3, -0.25) is 9.59 Å². The second-order valence-corrected chi connectivity index (χ2v) is 5.20. The van der Waals surface area contributed by atoms with Crippen molar-refractivity contribution in [2.45, 2.75) is 25.9 Å². The number of carboxylic acid groups (broad SMARTS) is 1. The van der Waals surface area contributed by atoms with Gasteiger partial charge in [0.25, 0.3) is 0 Å². The van der Waals surface area contributed by atoms with Crippen LogP contribution in [-0.2, 0) is 16.1 Å². The fraction of sp³-hybridized carbons (Fsp3) is 0.267. The lowest BCUT2D eigenvalue weighted by Gasteiger charge is -2.19. The Morgan fingerprint density at radius 2 is 2.08 bits per heavy atom. The number of carbonyl (C=O) groups excluding carboxylic acids is 1. The Kier molecular flexibility index (Phi) is 5.25. The molecular formula is C15H16N4O5. The number of hydrogen-bond donors (Lipinski definition) is 2. The van der Waals surface area contributed by atoms with E-state index in [1.807, 2.05) is 19.1 Å². The molecule has 9 heteroatoms. The number of carbonyl (C=O) groups is 2. The van der Waals surface area contributed by atoms with Gasteiger partial charge >= 0.3 is 11.8 Å². The summed E-state index contributed by atoms with van der Waals surface area (Å²) >= 11 is 0. The third-order valence-electron chi connectivity index (χ3n) is 3.40. The quantitative estimate of drug-likeness (QED) is 0.583. The Morgan fingerprint density at radius 3 is 2.67 bits per heavy atom. The Balaban J connectivity index is 2.10. The number of nitrogens with zero attached hydrogens (tertiary/aromatic N) is 3. The van der Waals surface area contributed by atoms with Crippen molar-refractivity contribution in [1.82, 2.24) is 15.1 Å². The molecule has 2 N–H and O–H groups in total. The first kappa shape index (κ1) is 17.1. The molecule has 126 valence electrons. The summed E-state index contributed by atoms with van der Waals surface area (Å²) in [5.41, 5.74) is 1.57. The molecule has 2 aromatic rings. The van der Waals surface area contributed by atoms with Crippen molar-refractivity contribution < 1.29 is 19.6 Å². The summed E-state index contributed by atoms with van der Waals surface area (Å²) < 4.78 is 1.13. The highest BCUT2D eigenvalue weighted by Crippen LogP contribution is 2.20. The lowest BCUT2D eigenvalue weighted by Crippen LogP contribution is -2.33. The van der Waals surface area contributed by atoms with Crippen LogP contribution in [0.25, 0.3) is 0 Å². The molecule has 0 aliphatic carbocycles. The first-order chi connectivity index (χ1) is 11.4. The number of benzene rings is 1. The Bertz CT molecular complexity index is 771. The van der Waals surface area contributed by atoms with E-state index in [2.05, 4.69) is 10.4 Å². The molecule has 0 aliphatic rings. The zero-order valence-electron chi connectivity index (χ0n) is 12.9. The SMILES string of the molecule is Cc1ccccc1C(CC(=O)O)NC(=O)Cn1ccc([N+](=O)[O-])n1. The number of nitrogens with one attached hydrogen (secondary N) is 1. The number of aromatic nitrogens is 2. The van der Waals surface area contributed by atoms with E-state index in [9.17, 15) is 19.7 Å². The monoisotopic (exact) mass is 332 g/mol. The third kappa shape index (κ3) is 4.38. The zero-order valence-corrected chi connectivity index (χ0v) is 12.9. The van der Waals surface area contributed by atoms with Gasteiger partial charge in [-0.1, -0.05) is 24.3 Å². The molecule has 1 heterocycles. The molecule has 1 aromatic heterocycles. The molecule has 24 heavy (non-hydrogen) atoms. The molecule has 0 spiro atoms. The average Bonchev–Trinajstić information content (AvgIpc) is 2.95. The molecule has 9 nitrogen and oxygen atoms in total. The Hall–Kier alpha value is -3.23. The van der Waals surface area contributed by atoms with E-state index in [4.69, 9.17) is 5.11 Å². The van der Waals surface area contributed by atoms with Crippen LogP contribution in [0.2, 0.25) is 0 Å². The van der Waals surface area contributed by atoms with Crippen molar-refractivity contribution in [2.75, 3.05) is 0 Å². The number of aryl methyl sites for hydroxylation is 1. The molecule has 0 bridgehead atoms. The number of aliphatic carboxylic acids is 1. The average molecular weight is 332 g/mol. The number of rotatable bonds is 7. The van der Waals surface area contributed by atoms with E-state index in [-0.39, 0.29) is 18.8 Å². The topological polar surface area (TPSA) is 127 Å². The number of hydrogen-bond acceptors (Lipinski definition) is 5. The summed E-state index contributed by atoms with van der Waals surface area (Å²) in [5, 5.41) is 25.9. The second kappa shape index (κ2) is 7.36. The van der Waals surface area contributed by atoms with E-state index in [0.29, 0.717) is 5.56 Å². The maximum Gasteiger partial charge on any atom is 0.389 e. The van der Waals surface area contributed by atoms with Crippen molar-refractivity contribution in [3.8, 4) is 0 Å². The van der Waals surface area contributed by atoms with Crippen molar-refractivity contribution in [1.29, 1.82) is 0 Å². The maximum atomic E-state index is 12.1. The van der Waals surface area contributed by atoms with Crippen LogP contribution in [0.3, 0.4) is 0 Å². The van der Waals surface area contributed by atoms with Crippen LogP contribution >= 0.6 is 0 Å². The number of amides is 1. The van der Waals surface area contributed by atoms with Gasteiger partial charge in [0.15, 0.2) is 0 Å². The summed E-state index contributed by atoms with van der Waals surface area (Å²) in [6.07, 6.45) is 1.05. The molecule has 1 aromatic carbocycles. The summed E-state index contributed by atoms with van der Waals surface area (Å²) in [5.74, 6) is -1.88. The smallest absolute Gasteiger partial charge is 0.389 e. The molecule has 1 atom stereocenters. The van der Waals surface area contributed by atoms with Gasteiger partial charge in [0.1, 0.15) is 6.54 Å². The highest BCUT2D eigenvalue weighted by molar-refractivity contribution is 5.77. The maximum absolute atomic E-state index is 12.1. The van der Waals surface area contributed by atoms with Gasteiger partial charge in [-0.2, -0.15) is 4.68 Å². The van der Waals surface area contributed by atoms with Gasteiger partial charge in [0.2, 0.25) is 5.91 Å². The molecule has 0 saturated heterocycles. The van der Waals surface area contributed by atoms with Crippen molar-refractivity contribution >= 4 is 17.7 Å². The normalized spacial score (nSPS) is 11.7. The fourth-order valence-electron chi connectivity index (χ4n) is 2.31. The van der Waals surface area contributed by atoms with Crippen LogP contribution in [-0.4, -0.2) is 31.7 Å². The minimum Gasteiger partial charge on any atom is -0.481 e. The zero-order chi connectivity index (χ0) is 17.7. The molecule has 2 rings (SSSR count). The summed E-state index contributed by atoms with van der Waals surface area (Å²) in [6.45, 7) is 1.59. The van der Waals surface area contributed by atoms with Crippen LogP contribution < -0.4 is 5.32 Å². The fourth-order valence-corrected chi connectivity index (χ4v) is 2.31. The lowest BCUT2D eigenvalue weighted by atomic mass is 9.99. The van der Waals surface area contributed by atoms with Crippen LogP contribution in [0.4, 0.5) is 5.82 Å². The molecule has 1 amide bonds. The number of carboxylic acids is 1. The van der Waals surface area contributed by atoms with Crippen molar-refractivity contribution in [3.63, 3.8) is 0 Å². The van der Waals surface area contributed by atoms with Crippen LogP contribution in [0.1, 0.15) is 23.6 Å². The number of nitro groups is 1. The molecule has 0 fully saturated rings. The second-order valence-electron chi connectivity index (χ2n) is 5.20. The molecule has 0 aliphatic heterocycles. The van der Waals surface area contributed by atoms with Gasteiger partial charge in [0, 0.05) is 0 Å². The van der Waals surface area contributed by atoms with Crippen LogP contribution in [0, 0.1) is 17.0 Å². The van der Waals surface area contributed by atoms with E-state index in [1.54, 1.807) is 12.1 Å². The molecular weight excluding hydrogens is 316 g/mol. The predicted octanol–water partition coefficient (Wildman–Crippen LogP) is 1.43. The van der Waals surface area contributed by atoms with Gasteiger partial charge in [-0.25, -0.2) is 0 Å². The third-order valence-corrected chi connectivity index (χ3v) is 3.40. The lowest BCUT2D eigenvalue weighted by molar-refractivity contribution is -0.389.